The number of nitrogen functional groups attached to an aromatic ring is 1. The number of hydrogen-bond donors (Lipinski definition) is 1. The Morgan fingerprint density at radius 3 is 3.10 bits per heavy atom. The third-order valence-electron chi connectivity index (χ3n) is 3.43. The van der Waals surface area contributed by atoms with E-state index in [1.165, 1.54) is 0 Å². The van der Waals surface area contributed by atoms with Crippen LogP contribution in [0.2, 0.25) is 0 Å². The smallest absolute Gasteiger partial charge is 0.258 e. The highest BCUT2D eigenvalue weighted by molar-refractivity contribution is 6.07. The van der Waals surface area contributed by atoms with Gasteiger partial charge in [0.1, 0.15) is 0 Å². The van der Waals surface area contributed by atoms with Crippen molar-refractivity contribution >= 4 is 28.8 Å². The fraction of sp³-hybridized carbons (Fsp3) is 0.214. The largest absolute Gasteiger partial charge is 0.397 e. The van der Waals surface area contributed by atoms with Gasteiger partial charge < -0.3 is 10.6 Å². The lowest BCUT2D eigenvalue weighted by molar-refractivity contribution is 0.0762. The molecule has 20 heavy (non-hydrogen) atoms. The van der Waals surface area contributed by atoms with Crippen LogP contribution in [-0.2, 0) is 6.42 Å². The Morgan fingerprint density at radius 2 is 2.40 bits per heavy atom. The van der Waals surface area contributed by atoms with E-state index < -0.39 is 0 Å². The van der Waals surface area contributed by atoms with Crippen LogP contribution in [0.1, 0.15) is 16.1 Å². The van der Waals surface area contributed by atoms with Crippen molar-refractivity contribution in [3.05, 3.63) is 24.0 Å². The van der Waals surface area contributed by atoms with Crippen molar-refractivity contribution in [2.24, 2.45) is 0 Å². The van der Waals surface area contributed by atoms with Crippen molar-refractivity contribution in [3.63, 3.8) is 0 Å². The molecule has 0 unspecified atom stereocenters. The number of anilines is 1. The zero-order valence-electron chi connectivity index (χ0n) is 10.8. The Morgan fingerprint density at radius 1 is 1.60 bits per heavy atom. The van der Waals surface area contributed by atoms with E-state index >= 15 is 0 Å². The number of carbonyl (C=O) groups is 1. The quantitative estimate of drug-likeness (QED) is 0.814. The van der Waals surface area contributed by atoms with Gasteiger partial charge in [0, 0.05) is 19.2 Å². The molecule has 0 spiro atoms. The highest BCUT2D eigenvalue weighted by Gasteiger charge is 2.29. The van der Waals surface area contributed by atoms with Gasteiger partial charge in [0.15, 0.2) is 5.65 Å². The third kappa shape index (κ3) is 1.57. The lowest BCUT2D eigenvalue weighted by Gasteiger charge is -2.27. The molecule has 0 radical (unpaired) electrons. The van der Waals surface area contributed by atoms with Crippen molar-refractivity contribution in [1.29, 1.82) is 0 Å². The molecule has 0 fully saturated rings. The zero-order valence-corrected chi connectivity index (χ0v) is 10.8. The van der Waals surface area contributed by atoms with Crippen LogP contribution >= 0.6 is 0 Å². The van der Waals surface area contributed by atoms with E-state index in [-0.39, 0.29) is 12.5 Å². The molecule has 0 saturated carbocycles. The molecule has 3 heterocycles. The summed E-state index contributed by atoms with van der Waals surface area (Å²) in [6.45, 7) is 4.50. The van der Waals surface area contributed by atoms with Crippen LogP contribution in [0.25, 0.3) is 17.2 Å². The number of nitrogens with zero attached hydrogens (tertiary/aromatic N) is 4. The third-order valence-corrected chi connectivity index (χ3v) is 3.43. The number of aromatic nitrogens is 3. The molecule has 6 heteroatoms. The summed E-state index contributed by atoms with van der Waals surface area (Å²) in [4.78, 5) is 18.5. The number of amides is 1. The van der Waals surface area contributed by atoms with Gasteiger partial charge in [-0.2, -0.15) is 5.10 Å². The van der Waals surface area contributed by atoms with Crippen LogP contribution < -0.4 is 5.73 Å². The van der Waals surface area contributed by atoms with Crippen molar-refractivity contribution in [3.8, 4) is 12.3 Å². The van der Waals surface area contributed by atoms with Crippen molar-refractivity contribution in [2.45, 2.75) is 6.42 Å². The predicted molar refractivity (Wildman–Crippen MR) is 76.8 cm³/mol. The van der Waals surface area contributed by atoms with Gasteiger partial charge in [-0.15, -0.1) is 6.42 Å². The SMILES string of the molecule is C#CCN1CCc2nc3c(cnn3C=C)c(N)c2C1=O. The lowest BCUT2D eigenvalue weighted by atomic mass is 10.0. The number of fused-ring (bicyclic) bond motifs is 2. The second-order valence-electron chi connectivity index (χ2n) is 4.54. The Labute approximate surface area is 115 Å². The number of nitrogens with two attached hydrogens (primary N) is 1. The maximum atomic E-state index is 12.4. The first kappa shape index (κ1) is 12.2. The Bertz CT molecular complexity index is 768. The maximum absolute atomic E-state index is 12.4. The number of carbonyl (C=O) groups excluding carboxylic acids is 1. The number of terminal acetylenes is 1. The van der Waals surface area contributed by atoms with Crippen LogP contribution in [-0.4, -0.2) is 38.7 Å². The van der Waals surface area contributed by atoms with Gasteiger partial charge >= 0.3 is 0 Å². The average Bonchev–Trinajstić information content (AvgIpc) is 2.85. The molecule has 2 N–H and O–H groups in total. The highest BCUT2D eigenvalue weighted by atomic mass is 16.2. The standard InChI is InChI=1S/C14H13N5O/c1-3-6-18-7-5-10-11(14(18)20)12(15)9-8-16-19(4-2)13(9)17-10/h1,4,8H,2,5-7H2,(H2,15,17). The minimum absolute atomic E-state index is 0.164. The normalized spacial score (nSPS) is 14.2. The maximum Gasteiger partial charge on any atom is 0.258 e. The fourth-order valence-electron chi connectivity index (χ4n) is 2.45. The first-order chi connectivity index (χ1) is 9.67. The molecule has 0 atom stereocenters. The molecule has 1 aliphatic heterocycles. The second-order valence-corrected chi connectivity index (χ2v) is 4.54. The summed E-state index contributed by atoms with van der Waals surface area (Å²) < 4.78 is 1.55. The first-order valence-corrected chi connectivity index (χ1v) is 6.18. The summed E-state index contributed by atoms with van der Waals surface area (Å²) in [6, 6.07) is 0. The number of pyridine rings is 1. The zero-order chi connectivity index (χ0) is 14.3. The number of rotatable bonds is 2. The van der Waals surface area contributed by atoms with Crippen LogP contribution in [0.4, 0.5) is 5.69 Å². The summed E-state index contributed by atoms with van der Waals surface area (Å²) in [5.74, 6) is 2.32. The molecule has 100 valence electrons. The van der Waals surface area contributed by atoms with E-state index in [0.717, 1.165) is 0 Å². The summed E-state index contributed by atoms with van der Waals surface area (Å²) in [5.41, 5.74) is 8.30. The van der Waals surface area contributed by atoms with Crippen molar-refractivity contribution < 1.29 is 4.79 Å². The van der Waals surface area contributed by atoms with Crippen LogP contribution in [0.3, 0.4) is 0 Å². The lowest BCUT2D eigenvalue weighted by Crippen LogP contribution is -2.38. The Kier molecular flexibility index (Phi) is 2.68. The molecule has 1 amide bonds. The minimum Gasteiger partial charge on any atom is -0.397 e. The van der Waals surface area contributed by atoms with Gasteiger partial charge in [0.05, 0.1) is 35.1 Å². The summed E-state index contributed by atoms with van der Waals surface area (Å²) in [7, 11) is 0. The molecule has 0 bridgehead atoms. The van der Waals surface area contributed by atoms with Gasteiger partial charge in [-0.3, -0.25) is 4.79 Å². The predicted octanol–water partition coefficient (Wildman–Crippen LogP) is 0.745. The van der Waals surface area contributed by atoms with Crippen molar-refractivity contribution in [1.82, 2.24) is 19.7 Å². The summed E-state index contributed by atoms with van der Waals surface area (Å²) >= 11 is 0. The van der Waals surface area contributed by atoms with E-state index in [1.807, 2.05) is 0 Å². The van der Waals surface area contributed by atoms with Crippen molar-refractivity contribution in [2.75, 3.05) is 18.8 Å². The second kappa shape index (κ2) is 4.38. The Balaban J connectivity index is 2.22. The molecule has 0 saturated heterocycles. The topological polar surface area (TPSA) is 77.0 Å². The van der Waals surface area contributed by atoms with Gasteiger partial charge in [-0.1, -0.05) is 12.5 Å². The molecular formula is C14H13N5O. The van der Waals surface area contributed by atoms with Crippen LogP contribution in [0, 0.1) is 12.3 Å². The highest BCUT2D eigenvalue weighted by Crippen LogP contribution is 2.29. The molecular weight excluding hydrogens is 254 g/mol. The van der Waals surface area contributed by atoms with Crippen LogP contribution in [0.5, 0.6) is 0 Å². The van der Waals surface area contributed by atoms with Gasteiger partial charge in [-0.25, -0.2) is 9.67 Å². The minimum atomic E-state index is -0.164. The van der Waals surface area contributed by atoms with Gasteiger partial charge in [0.25, 0.3) is 5.91 Å². The fourth-order valence-corrected chi connectivity index (χ4v) is 2.45. The van der Waals surface area contributed by atoms with Gasteiger partial charge in [0.2, 0.25) is 0 Å². The van der Waals surface area contributed by atoms with E-state index in [1.54, 1.807) is 22.0 Å². The molecule has 2 aromatic heterocycles. The summed E-state index contributed by atoms with van der Waals surface area (Å²) in [5, 5.41) is 4.78. The van der Waals surface area contributed by atoms with E-state index in [0.29, 0.717) is 40.9 Å². The van der Waals surface area contributed by atoms with Crippen LogP contribution in [0.15, 0.2) is 12.8 Å². The molecule has 0 aliphatic carbocycles. The molecule has 3 rings (SSSR count). The monoisotopic (exact) mass is 267 g/mol. The molecule has 2 aromatic rings. The molecule has 1 aliphatic rings. The van der Waals surface area contributed by atoms with E-state index in [2.05, 4.69) is 22.6 Å². The molecule has 6 nitrogen and oxygen atoms in total. The summed E-state index contributed by atoms with van der Waals surface area (Å²) in [6.07, 6.45) is 9.05. The van der Waals surface area contributed by atoms with Gasteiger partial charge in [-0.05, 0) is 0 Å². The Hall–Kier alpha value is -2.81. The molecule has 0 aromatic carbocycles. The van der Waals surface area contributed by atoms with E-state index in [4.69, 9.17) is 12.2 Å². The number of hydrogen-bond acceptors (Lipinski definition) is 4. The average molecular weight is 267 g/mol. The first-order valence-electron chi connectivity index (χ1n) is 6.18. The van der Waals surface area contributed by atoms with E-state index in [9.17, 15) is 4.79 Å².